The molecule has 0 heterocycles. The second kappa shape index (κ2) is 41.6. The Morgan fingerprint density at radius 2 is 0.841 bits per heavy atom. The molecule has 1 aromatic carbocycles. The average molecular weight is 908 g/mol. The van der Waals surface area contributed by atoms with E-state index in [-0.39, 0.29) is 32.0 Å². The van der Waals surface area contributed by atoms with E-state index in [4.69, 9.17) is 71.1 Å². The van der Waals surface area contributed by atoms with Crippen LogP contribution in [-0.2, 0) is 87.1 Å². The summed E-state index contributed by atoms with van der Waals surface area (Å²) < 4.78 is 81.2. The van der Waals surface area contributed by atoms with Crippen molar-refractivity contribution in [1.29, 1.82) is 0 Å². The third-order valence-corrected chi connectivity index (χ3v) is 7.87. The maximum absolute atomic E-state index is 12.5. The lowest BCUT2D eigenvalue weighted by molar-refractivity contribution is -0.157. The summed E-state index contributed by atoms with van der Waals surface area (Å²) >= 11 is 0. The normalized spacial score (nSPS) is 12.0. The lowest BCUT2D eigenvalue weighted by Crippen LogP contribution is -2.43. The van der Waals surface area contributed by atoms with E-state index in [1.54, 1.807) is 45.0 Å². The van der Waals surface area contributed by atoms with Crippen molar-refractivity contribution in [3.05, 3.63) is 29.8 Å². The number of carbonyl (C=O) groups excluding carboxylic acids is 3. The minimum absolute atomic E-state index is 0.0596. The Bertz CT molecular complexity index is 1220. The van der Waals surface area contributed by atoms with E-state index in [1.165, 1.54) is 7.11 Å². The van der Waals surface area contributed by atoms with Crippen LogP contribution in [0.2, 0.25) is 0 Å². The van der Waals surface area contributed by atoms with Crippen molar-refractivity contribution in [1.82, 2.24) is 5.32 Å². The quantitative estimate of drug-likeness (QED) is 0.0739. The number of rotatable bonds is 45. The highest BCUT2D eigenvalue weighted by Gasteiger charge is 2.22. The first-order valence-corrected chi connectivity index (χ1v) is 21.9. The van der Waals surface area contributed by atoms with Crippen molar-refractivity contribution < 1.29 is 85.4 Å². The number of carbonyl (C=O) groups is 3. The van der Waals surface area contributed by atoms with Crippen molar-refractivity contribution >= 4 is 17.8 Å². The first kappa shape index (κ1) is 58.0. The Balaban J connectivity index is 1.85. The van der Waals surface area contributed by atoms with Gasteiger partial charge in [-0.2, -0.15) is 0 Å². The molecular formula is C44H77NO18. The summed E-state index contributed by atoms with van der Waals surface area (Å²) in [6.07, 6.45) is 1.28. The number of benzene rings is 1. The molecular weight excluding hydrogens is 830 g/mol. The molecule has 1 aromatic rings. The number of ether oxygens (including phenoxy) is 15. The monoisotopic (exact) mass is 908 g/mol. The zero-order valence-electron chi connectivity index (χ0n) is 38.5. The van der Waals surface area contributed by atoms with Crippen molar-refractivity contribution in [2.24, 2.45) is 0 Å². The summed E-state index contributed by atoms with van der Waals surface area (Å²) in [5.74, 6) is -0.930. The predicted molar refractivity (Wildman–Crippen MR) is 230 cm³/mol. The molecule has 19 heteroatoms. The van der Waals surface area contributed by atoms with E-state index in [0.717, 1.165) is 18.6 Å². The Kier molecular flexibility index (Phi) is 38.3. The number of esters is 2. The summed E-state index contributed by atoms with van der Waals surface area (Å²) in [5.41, 5.74) is 0.163. The van der Waals surface area contributed by atoms with Gasteiger partial charge in [0, 0.05) is 19.4 Å². The van der Waals surface area contributed by atoms with E-state index in [1.807, 2.05) is 0 Å². The standard InChI is InChI=1S/C44H77NO18/c1-6-12-50-14-16-52-18-20-54-22-24-56-26-28-58-30-32-60-34-35-61-33-31-59-29-27-57-25-23-55-21-19-53-17-15-51-13-11-41(46)45-40(43(48)49-5)36-38-7-9-39(10-8-38)62-37-42(47)63-44(2,3)4/h7-10,40H,6,11-37H2,1-5H3,(H,45,46)/t40-/m0/s1. The Morgan fingerprint density at radius 3 is 1.16 bits per heavy atom. The molecule has 0 aliphatic rings. The van der Waals surface area contributed by atoms with E-state index in [9.17, 15) is 14.4 Å². The molecule has 1 amide bonds. The van der Waals surface area contributed by atoms with Crippen molar-refractivity contribution in [2.75, 3.05) is 172 Å². The maximum atomic E-state index is 12.5. The predicted octanol–water partition coefficient (Wildman–Crippen LogP) is 2.61. The van der Waals surface area contributed by atoms with Crippen LogP contribution in [0.15, 0.2) is 24.3 Å². The zero-order chi connectivity index (χ0) is 45.9. The molecule has 0 aliphatic heterocycles. The second-order valence-corrected chi connectivity index (χ2v) is 14.5. The van der Waals surface area contributed by atoms with Gasteiger partial charge in [-0.3, -0.25) is 4.79 Å². The number of hydrogen-bond donors (Lipinski definition) is 1. The number of amides is 1. The van der Waals surface area contributed by atoms with Gasteiger partial charge in [0.1, 0.15) is 17.4 Å². The molecule has 19 nitrogen and oxygen atoms in total. The molecule has 1 atom stereocenters. The molecule has 366 valence electrons. The fourth-order valence-electron chi connectivity index (χ4n) is 4.90. The molecule has 63 heavy (non-hydrogen) atoms. The van der Waals surface area contributed by atoms with Crippen LogP contribution in [0.1, 0.15) is 46.1 Å². The maximum Gasteiger partial charge on any atom is 0.344 e. The van der Waals surface area contributed by atoms with Crippen LogP contribution >= 0.6 is 0 Å². The Labute approximate surface area is 374 Å². The van der Waals surface area contributed by atoms with Gasteiger partial charge in [0.15, 0.2) is 6.61 Å². The van der Waals surface area contributed by atoms with Crippen LogP contribution in [0.3, 0.4) is 0 Å². The lowest BCUT2D eigenvalue weighted by Gasteiger charge is -2.19. The molecule has 0 radical (unpaired) electrons. The van der Waals surface area contributed by atoms with Crippen molar-refractivity contribution in [3.8, 4) is 5.75 Å². The smallest absolute Gasteiger partial charge is 0.344 e. The summed E-state index contributed by atoms with van der Waals surface area (Å²) in [4.78, 5) is 36.7. The van der Waals surface area contributed by atoms with Gasteiger partial charge in [-0.15, -0.1) is 0 Å². The van der Waals surface area contributed by atoms with Gasteiger partial charge < -0.3 is 76.4 Å². The van der Waals surface area contributed by atoms with Gasteiger partial charge >= 0.3 is 11.9 Å². The van der Waals surface area contributed by atoms with E-state index < -0.39 is 23.6 Å². The minimum atomic E-state index is -0.883. The van der Waals surface area contributed by atoms with Crippen LogP contribution in [0, 0.1) is 0 Å². The van der Waals surface area contributed by atoms with Gasteiger partial charge in [-0.25, -0.2) is 9.59 Å². The summed E-state index contributed by atoms with van der Waals surface area (Å²) in [7, 11) is 1.26. The van der Waals surface area contributed by atoms with Gasteiger partial charge in [0.2, 0.25) is 5.91 Å². The number of nitrogens with one attached hydrogen (secondary N) is 1. The van der Waals surface area contributed by atoms with Gasteiger partial charge in [-0.05, 0) is 44.9 Å². The highest BCUT2D eigenvalue weighted by molar-refractivity contribution is 5.84. The Morgan fingerprint density at radius 1 is 0.508 bits per heavy atom. The van der Waals surface area contributed by atoms with E-state index in [0.29, 0.717) is 151 Å². The average Bonchev–Trinajstić information content (AvgIpc) is 3.26. The molecule has 0 fully saturated rings. The molecule has 0 saturated carbocycles. The molecule has 1 N–H and O–H groups in total. The van der Waals surface area contributed by atoms with E-state index in [2.05, 4.69) is 12.2 Å². The van der Waals surface area contributed by atoms with Gasteiger partial charge in [0.25, 0.3) is 0 Å². The Hall–Kier alpha value is -3.05. The molecule has 0 aromatic heterocycles. The molecule has 1 rings (SSSR count). The molecule has 0 bridgehead atoms. The molecule has 0 unspecified atom stereocenters. The first-order chi connectivity index (χ1) is 30.6. The molecule has 0 saturated heterocycles. The van der Waals surface area contributed by atoms with Gasteiger partial charge in [0.05, 0.1) is 159 Å². The van der Waals surface area contributed by atoms with Crippen LogP contribution in [0.4, 0.5) is 0 Å². The fourth-order valence-corrected chi connectivity index (χ4v) is 4.90. The molecule has 0 spiro atoms. The fraction of sp³-hybridized carbons (Fsp3) is 0.795. The van der Waals surface area contributed by atoms with Crippen LogP contribution < -0.4 is 10.1 Å². The molecule has 0 aliphatic carbocycles. The first-order valence-electron chi connectivity index (χ1n) is 21.9. The number of hydrogen-bond acceptors (Lipinski definition) is 18. The van der Waals surface area contributed by atoms with Crippen LogP contribution in [0.25, 0.3) is 0 Å². The SMILES string of the molecule is CCCOCCOCCOCCOCCOCCOCCOCCOCCOCCOCCOCCOCCC(=O)N[C@@H](Cc1ccc(OCC(=O)OC(C)(C)C)cc1)C(=O)OC. The van der Waals surface area contributed by atoms with Crippen LogP contribution in [-0.4, -0.2) is 202 Å². The van der Waals surface area contributed by atoms with Crippen molar-refractivity contribution in [2.45, 2.75) is 58.6 Å². The van der Waals surface area contributed by atoms with Crippen molar-refractivity contribution in [3.63, 3.8) is 0 Å². The highest BCUT2D eigenvalue weighted by atomic mass is 16.6. The lowest BCUT2D eigenvalue weighted by atomic mass is 10.1. The zero-order valence-corrected chi connectivity index (χ0v) is 38.5. The minimum Gasteiger partial charge on any atom is -0.482 e. The van der Waals surface area contributed by atoms with Gasteiger partial charge in [-0.1, -0.05) is 19.1 Å². The topological polar surface area (TPSA) is 202 Å². The largest absolute Gasteiger partial charge is 0.482 e. The highest BCUT2D eigenvalue weighted by Crippen LogP contribution is 2.15. The summed E-state index contributed by atoms with van der Waals surface area (Å²) in [6.45, 7) is 18.6. The third-order valence-electron chi connectivity index (χ3n) is 7.87. The summed E-state index contributed by atoms with van der Waals surface area (Å²) in [6, 6.07) is 5.96. The van der Waals surface area contributed by atoms with E-state index >= 15 is 0 Å². The van der Waals surface area contributed by atoms with Crippen LogP contribution in [0.5, 0.6) is 5.75 Å². The third kappa shape index (κ3) is 39.1. The second-order valence-electron chi connectivity index (χ2n) is 14.5. The number of methoxy groups -OCH3 is 1. The summed E-state index contributed by atoms with van der Waals surface area (Å²) in [5, 5.41) is 2.70.